The summed E-state index contributed by atoms with van der Waals surface area (Å²) in [5.74, 6) is -1.49. The van der Waals surface area contributed by atoms with Gasteiger partial charge in [-0.3, -0.25) is 14.9 Å². The van der Waals surface area contributed by atoms with Crippen molar-refractivity contribution in [1.29, 1.82) is 0 Å². The van der Waals surface area contributed by atoms with E-state index in [1.54, 1.807) is 74.4 Å². The van der Waals surface area contributed by atoms with E-state index < -0.39 is 40.9 Å². The first-order chi connectivity index (χ1) is 26.7. The molecule has 0 aromatic heterocycles. The Labute approximate surface area is 346 Å². The third-order valence-corrected chi connectivity index (χ3v) is 8.08. The Hall–Kier alpha value is -5.43. The molecule has 58 heavy (non-hydrogen) atoms. The molecule has 0 fully saturated rings. The molecule has 3 aromatic carbocycles. The molecule has 13 nitrogen and oxygen atoms in total. The second-order valence-corrected chi connectivity index (χ2v) is 18.1. The predicted molar refractivity (Wildman–Crippen MR) is 224 cm³/mol. The Morgan fingerprint density at radius 1 is 0.741 bits per heavy atom. The minimum absolute atomic E-state index is 0.0934. The molecule has 0 unspecified atom stereocenters. The fourth-order valence-corrected chi connectivity index (χ4v) is 5.43. The van der Waals surface area contributed by atoms with Gasteiger partial charge in [-0.25, -0.2) is 14.4 Å². The van der Waals surface area contributed by atoms with Gasteiger partial charge in [-0.15, -0.1) is 4.99 Å². The van der Waals surface area contributed by atoms with Crippen molar-refractivity contribution < 1.29 is 42.9 Å². The highest BCUT2D eigenvalue weighted by atomic mass is 35.5. The van der Waals surface area contributed by atoms with Crippen LogP contribution < -0.4 is 15.4 Å². The monoisotopic (exact) mass is 820 g/mol. The predicted octanol–water partition coefficient (Wildman–Crippen LogP) is 9.04. The lowest BCUT2D eigenvalue weighted by Gasteiger charge is -2.26. The molecule has 0 spiro atoms. The number of benzene rings is 3. The number of alkyl carbamates (subject to hydrolysis) is 1. The molecule has 0 aliphatic carbocycles. The van der Waals surface area contributed by atoms with Gasteiger partial charge in [0.05, 0.1) is 12.0 Å². The van der Waals surface area contributed by atoms with Crippen molar-refractivity contribution in [2.45, 2.75) is 118 Å². The van der Waals surface area contributed by atoms with Gasteiger partial charge in [-0.05, 0) is 127 Å². The van der Waals surface area contributed by atoms with Gasteiger partial charge in [0.25, 0.3) is 0 Å². The van der Waals surface area contributed by atoms with Crippen LogP contribution in [0.15, 0.2) is 71.7 Å². The first-order valence-electron chi connectivity index (χ1n) is 18.9. The van der Waals surface area contributed by atoms with Crippen LogP contribution in [0.25, 0.3) is 0 Å². The first kappa shape index (κ1) is 46.9. The van der Waals surface area contributed by atoms with Crippen LogP contribution in [-0.2, 0) is 42.1 Å². The molecule has 3 rings (SSSR count). The molecule has 2 N–H and O–H groups in total. The average molecular weight is 821 g/mol. The third kappa shape index (κ3) is 17.0. The number of guanidine groups is 1. The lowest BCUT2D eigenvalue weighted by atomic mass is 9.86. The number of nitrogens with zero attached hydrogens (tertiary/aromatic N) is 2. The van der Waals surface area contributed by atoms with Crippen LogP contribution in [0.1, 0.15) is 110 Å². The number of rotatable bonds is 10. The normalized spacial score (nSPS) is 12.3. The molecule has 14 heteroatoms. The number of nitrogens with one attached hydrogen (secondary N) is 2. The highest BCUT2D eigenvalue weighted by molar-refractivity contribution is 6.31. The van der Waals surface area contributed by atoms with E-state index in [0.29, 0.717) is 22.7 Å². The maximum absolute atomic E-state index is 13.6. The Kier molecular flexibility index (Phi) is 15.7. The summed E-state index contributed by atoms with van der Waals surface area (Å²) in [5.41, 5.74) is 0.748. The number of hydrogen-bond donors (Lipinski definition) is 2. The molecule has 0 radical (unpaired) electrons. The van der Waals surface area contributed by atoms with Gasteiger partial charge in [-0.1, -0.05) is 62.7 Å². The largest absolute Gasteiger partial charge is 0.459 e. The molecule has 3 aromatic rings. The van der Waals surface area contributed by atoms with Gasteiger partial charge in [0, 0.05) is 17.3 Å². The number of carbonyl (C=O) groups is 5. The van der Waals surface area contributed by atoms with Gasteiger partial charge in [0.2, 0.25) is 11.9 Å². The Morgan fingerprint density at radius 2 is 1.36 bits per heavy atom. The highest BCUT2D eigenvalue weighted by Gasteiger charge is 2.24. The summed E-state index contributed by atoms with van der Waals surface area (Å²) in [6.45, 7) is 21.7. The molecule has 0 aliphatic heterocycles. The van der Waals surface area contributed by atoms with Crippen molar-refractivity contribution in [2.75, 3.05) is 18.4 Å². The van der Waals surface area contributed by atoms with Gasteiger partial charge >= 0.3 is 24.1 Å². The summed E-state index contributed by atoms with van der Waals surface area (Å²) in [6.07, 6.45) is -1.37. The van der Waals surface area contributed by atoms with E-state index >= 15 is 0 Å². The lowest BCUT2D eigenvalue weighted by molar-refractivity contribution is -0.158. The summed E-state index contributed by atoms with van der Waals surface area (Å²) >= 11 is 6.64. The standard InChI is InChI=1S/C44H57ClN4O9/c1-41(2,3)31-15-13-14-28(24-31)25-35(50)49(27-36(51)56-42(4,5)6)23-22-29-18-21-33(26-34(29)45)55-37(52)30-16-19-32(20-17-30)46-38(47-39(53)57-43(7,8)9)48-40(54)58-44(10,11)12/h13-21,24,26H,22-23,25,27H2,1-12H3,(H2,46,47,48,53,54). The minimum Gasteiger partial charge on any atom is -0.459 e. The Morgan fingerprint density at radius 3 is 1.93 bits per heavy atom. The van der Waals surface area contributed by atoms with E-state index in [-0.39, 0.29) is 48.1 Å². The van der Waals surface area contributed by atoms with Gasteiger partial charge in [0.15, 0.2) is 0 Å². The zero-order valence-corrected chi connectivity index (χ0v) is 36.4. The van der Waals surface area contributed by atoms with Crippen LogP contribution in [0, 0.1) is 0 Å². The van der Waals surface area contributed by atoms with Crippen LogP contribution >= 0.6 is 11.6 Å². The zero-order valence-electron chi connectivity index (χ0n) is 35.6. The van der Waals surface area contributed by atoms with Crippen molar-refractivity contribution in [3.05, 3.63) is 94.0 Å². The van der Waals surface area contributed by atoms with Crippen molar-refractivity contribution in [3.63, 3.8) is 0 Å². The van der Waals surface area contributed by atoms with Crippen LogP contribution in [0.3, 0.4) is 0 Å². The van der Waals surface area contributed by atoms with E-state index in [1.165, 1.54) is 35.2 Å². The SMILES string of the molecule is CC(C)(C)OC(=O)CN(CCc1ccc(OC(=O)c2ccc(N/C(=N\C(=O)OC(C)(C)C)NC(=O)OC(C)(C)C)cc2)cc1Cl)C(=O)Cc1cccc(C(C)(C)C)c1. The lowest BCUT2D eigenvalue weighted by Crippen LogP contribution is -2.40. The third-order valence-electron chi connectivity index (χ3n) is 7.73. The maximum atomic E-state index is 13.6. The van der Waals surface area contributed by atoms with Crippen LogP contribution in [0.5, 0.6) is 5.75 Å². The summed E-state index contributed by atoms with van der Waals surface area (Å²) in [4.78, 5) is 69.7. The molecular weight excluding hydrogens is 764 g/mol. The quantitative estimate of drug-likeness (QED) is 0.0664. The van der Waals surface area contributed by atoms with Gasteiger partial charge in [0.1, 0.15) is 29.1 Å². The second kappa shape index (κ2) is 19.3. The average Bonchev–Trinajstić information content (AvgIpc) is 3.04. The molecule has 314 valence electrons. The van der Waals surface area contributed by atoms with Gasteiger partial charge in [-0.2, -0.15) is 0 Å². The molecule has 0 bridgehead atoms. The minimum atomic E-state index is -0.944. The molecule has 0 saturated carbocycles. The van der Waals surface area contributed by atoms with Crippen LogP contribution in [0.4, 0.5) is 15.3 Å². The number of aliphatic imine (C=N–C) groups is 1. The summed E-state index contributed by atoms with van der Waals surface area (Å²) < 4.78 is 21.6. The zero-order chi connectivity index (χ0) is 43.6. The van der Waals surface area contributed by atoms with Crippen molar-refractivity contribution >= 4 is 53.3 Å². The Balaban J connectivity index is 1.71. The molecule has 0 saturated heterocycles. The maximum Gasteiger partial charge on any atom is 0.437 e. The molecule has 3 amide bonds. The van der Waals surface area contributed by atoms with E-state index in [0.717, 1.165) is 11.1 Å². The highest BCUT2D eigenvalue weighted by Crippen LogP contribution is 2.26. The topological polar surface area (TPSA) is 162 Å². The number of ether oxygens (including phenoxy) is 4. The number of amides is 3. The summed E-state index contributed by atoms with van der Waals surface area (Å²) in [6, 6.07) is 18.7. The number of halogens is 1. The van der Waals surface area contributed by atoms with E-state index in [4.69, 9.17) is 30.5 Å². The molecule has 0 atom stereocenters. The molecule has 0 heterocycles. The van der Waals surface area contributed by atoms with Crippen molar-refractivity contribution in [3.8, 4) is 5.75 Å². The van der Waals surface area contributed by atoms with Gasteiger partial charge < -0.3 is 29.2 Å². The summed E-state index contributed by atoms with van der Waals surface area (Å²) in [7, 11) is 0. The number of carbonyl (C=O) groups excluding carboxylic acids is 5. The number of anilines is 1. The molecular formula is C44H57ClN4O9. The first-order valence-corrected chi connectivity index (χ1v) is 19.3. The van der Waals surface area contributed by atoms with E-state index in [1.807, 2.05) is 24.3 Å². The van der Waals surface area contributed by atoms with Crippen LogP contribution in [-0.4, -0.2) is 70.8 Å². The number of esters is 2. The van der Waals surface area contributed by atoms with Crippen molar-refractivity contribution in [2.24, 2.45) is 4.99 Å². The number of hydrogen-bond acceptors (Lipinski definition) is 9. The second-order valence-electron chi connectivity index (χ2n) is 17.7. The van der Waals surface area contributed by atoms with Crippen molar-refractivity contribution in [1.82, 2.24) is 10.2 Å². The van der Waals surface area contributed by atoms with E-state index in [2.05, 4.69) is 36.4 Å². The van der Waals surface area contributed by atoms with E-state index in [9.17, 15) is 24.0 Å². The smallest absolute Gasteiger partial charge is 0.437 e. The summed E-state index contributed by atoms with van der Waals surface area (Å²) in [5, 5.41) is 5.54. The Bertz CT molecular complexity index is 1980. The fourth-order valence-electron chi connectivity index (χ4n) is 5.16. The molecule has 0 aliphatic rings. The fraction of sp³-hybridized carbons (Fsp3) is 0.455. The van der Waals surface area contributed by atoms with Crippen LogP contribution in [0.2, 0.25) is 5.02 Å².